The van der Waals surface area contributed by atoms with E-state index in [2.05, 4.69) is 16.5 Å². The Bertz CT molecular complexity index is 386. The highest BCUT2D eigenvalue weighted by Crippen LogP contribution is 2.14. The number of nitrogens with two attached hydrogens (primary N) is 1. The van der Waals surface area contributed by atoms with E-state index < -0.39 is 10.2 Å². The predicted octanol–water partition coefficient (Wildman–Crippen LogP) is 0.612. The second kappa shape index (κ2) is 9.05. The number of nitrogens with one attached hydrogen (secondary N) is 1. The molecule has 3 N–H and O–H groups in total. The molecule has 6 nitrogen and oxygen atoms in total. The molecule has 0 bridgehead atoms. The molecule has 1 rings (SSSR count). The van der Waals surface area contributed by atoms with E-state index in [-0.39, 0.29) is 0 Å². The van der Waals surface area contributed by atoms with Crippen molar-refractivity contribution in [3.05, 3.63) is 0 Å². The summed E-state index contributed by atoms with van der Waals surface area (Å²) in [5.41, 5.74) is 5.67. The van der Waals surface area contributed by atoms with Crippen molar-refractivity contribution in [2.24, 2.45) is 11.7 Å². The van der Waals surface area contributed by atoms with Crippen molar-refractivity contribution in [2.75, 3.05) is 39.3 Å². The molecule has 1 unspecified atom stereocenters. The molecular formula is C14H32N4O2S. The third kappa shape index (κ3) is 6.20. The van der Waals surface area contributed by atoms with Crippen molar-refractivity contribution in [2.45, 2.75) is 46.1 Å². The molecule has 0 amide bonds. The average Bonchev–Trinajstić information content (AvgIpc) is 2.69. The highest BCUT2D eigenvalue weighted by atomic mass is 32.2. The first-order valence-corrected chi connectivity index (χ1v) is 9.53. The van der Waals surface area contributed by atoms with Gasteiger partial charge in [-0.15, -0.1) is 0 Å². The maximum absolute atomic E-state index is 12.3. The van der Waals surface area contributed by atoms with Crippen LogP contribution < -0.4 is 10.5 Å². The van der Waals surface area contributed by atoms with Gasteiger partial charge in [-0.25, -0.2) is 4.72 Å². The zero-order valence-corrected chi connectivity index (χ0v) is 14.5. The van der Waals surface area contributed by atoms with Crippen molar-refractivity contribution in [1.82, 2.24) is 13.9 Å². The van der Waals surface area contributed by atoms with Crippen molar-refractivity contribution >= 4 is 10.2 Å². The molecule has 1 fully saturated rings. The minimum Gasteiger partial charge on any atom is -0.330 e. The molecule has 0 aliphatic carbocycles. The second-order valence-corrected chi connectivity index (χ2v) is 7.93. The van der Waals surface area contributed by atoms with E-state index in [1.807, 2.05) is 13.8 Å². The van der Waals surface area contributed by atoms with Gasteiger partial charge in [-0.05, 0) is 38.3 Å². The Balaban J connectivity index is 2.59. The van der Waals surface area contributed by atoms with Crippen LogP contribution in [0, 0.1) is 5.92 Å². The van der Waals surface area contributed by atoms with E-state index in [0.717, 1.165) is 32.4 Å². The Labute approximate surface area is 130 Å². The summed E-state index contributed by atoms with van der Waals surface area (Å²) >= 11 is 0. The fraction of sp³-hybridized carbons (Fsp3) is 1.00. The standard InChI is InChI=1S/C14H32N4O2S/c1-4-14(6-7-15)17-8-5-9-18(11-10-17)21(19,20)16-12-13(2)3/h13-14,16H,4-12,15H2,1-3H3. The highest BCUT2D eigenvalue weighted by molar-refractivity contribution is 7.87. The van der Waals surface area contributed by atoms with Gasteiger partial charge in [0.15, 0.2) is 0 Å². The lowest BCUT2D eigenvalue weighted by atomic mass is 10.1. The van der Waals surface area contributed by atoms with Crippen LogP contribution in [-0.4, -0.2) is 62.9 Å². The van der Waals surface area contributed by atoms with Crippen LogP contribution >= 0.6 is 0 Å². The Kier molecular flexibility index (Phi) is 8.12. The zero-order valence-electron chi connectivity index (χ0n) is 13.7. The smallest absolute Gasteiger partial charge is 0.279 e. The van der Waals surface area contributed by atoms with E-state index in [4.69, 9.17) is 5.73 Å². The Morgan fingerprint density at radius 2 is 1.90 bits per heavy atom. The molecule has 0 aromatic carbocycles. The van der Waals surface area contributed by atoms with Gasteiger partial charge in [0, 0.05) is 32.2 Å². The molecule has 1 saturated heterocycles. The lowest BCUT2D eigenvalue weighted by Gasteiger charge is -2.29. The normalized spacial score (nSPS) is 20.6. The van der Waals surface area contributed by atoms with Crippen LogP contribution in [0.4, 0.5) is 0 Å². The molecule has 0 saturated carbocycles. The zero-order chi connectivity index (χ0) is 15.9. The van der Waals surface area contributed by atoms with Crippen molar-refractivity contribution < 1.29 is 8.42 Å². The first-order valence-electron chi connectivity index (χ1n) is 8.09. The third-order valence-corrected chi connectivity index (χ3v) is 5.57. The molecule has 1 atom stereocenters. The van der Waals surface area contributed by atoms with Gasteiger partial charge in [0.05, 0.1) is 0 Å². The lowest BCUT2D eigenvalue weighted by Crippen LogP contribution is -2.44. The summed E-state index contributed by atoms with van der Waals surface area (Å²) in [5.74, 6) is 0.317. The van der Waals surface area contributed by atoms with Crippen LogP contribution in [0.2, 0.25) is 0 Å². The molecule has 126 valence electrons. The molecule has 0 aromatic heterocycles. The van der Waals surface area contributed by atoms with Crippen molar-refractivity contribution in [3.63, 3.8) is 0 Å². The van der Waals surface area contributed by atoms with Crippen LogP contribution in [0.5, 0.6) is 0 Å². The summed E-state index contributed by atoms with van der Waals surface area (Å²) < 4.78 is 28.9. The maximum atomic E-state index is 12.3. The molecular weight excluding hydrogens is 288 g/mol. The molecule has 1 heterocycles. The lowest BCUT2D eigenvalue weighted by molar-refractivity contribution is 0.192. The molecule has 0 radical (unpaired) electrons. The summed E-state index contributed by atoms with van der Waals surface area (Å²) in [6.45, 7) is 10.3. The maximum Gasteiger partial charge on any atom is 0.279 e. The first-order chi connectivity index (χ1) is 9.90. The Morgan fingerprint density at radius 3 is 2.48 bits per heavy atom. The van der Waals surface area contributed by atoms with Crippen LogP contribution in [0.1, 0.15) is 40.0 Å². The third-order valence-electron chi connectivity index (χ3n) is 3.99. The first kappa shape index (κ1) is 18.8. The largest absolute Gasteiger partial charge is 0.330 e. The van der Waals surface area contributed by atoms with E-state index in [1.54, 1.807) is 4.31 Å². The topological polar surface area (TPSA) is 78.7 Å². The van der Waals surface area contributed by atoms with Gasteiger partial charge in [0.25, 0.3) is 10.2 Å². The van der Waals surface area contributed by atoms with E-state index in [1.165, 1.54) is 0 Å². The van der Waals surface area contributed by atoms with Crippen LogP contribution in [-0.2, 0) is 10.2 Å². The van der Waals surface area contributed by atoms with Crippen molar-refractivity contribution in [3.8, 4) is 0 Å². The van der Waals surface area contributed by atoms with Gasteiger partial charge in [-0.3, -0.25) is 4.90 Å². The van der Waals surface area contributed by atoms with E-state index in [9.17, 15) is 8.42 Å². The van der Waals surface area contributed by atoms with Gasteiger partial charge >= 0.3 is 0 Å². The van der Waals surface area contributed by atoms with Crippen LogP contribution in [0.25, 0.3) is 0 Å². The Hall–Kier alpha value is -0.210. The summed E-state index contributed by atoms with van der Waals surface area (Å²) in [7, 11) is -3.34. The van der Waals surface area contributed by atoms with Gasteiger partial charge in [0.1, 0.15) is 0 Å². The average molecular weight is 321 g/mol. The minimum atomic E-state index is -3.34. The van der Waals surface area contributed by atoms with Crippen molar-refractivity contribution in [1.29, 1.82) is 0 Å². The molecule has 1 aliphatic heterocycles. The summed E-state index contributed by atoms with van der Waals surface area (Å²) in [6, 6.07) is 0.473. The van der Waals surface area contributed by atoms with Gasteiger partial charge < -0.3 is 5.73 Å². The summed E-state index contributed by atoms with van der Waals surface area (Å²) in [6.07, 6.45) is 2.92. The quantitative estimate of drug-likeness (QED) is 0.687. The van der Waals surface area contributed by atoms with Gasteiger partial charge in [-0.1, -0.05) is 20.8 Å². The van der Waals surface area contributed by atoms with Gasteiger partial charge in [0.2, 0.25) is 0 Å². The highest BCUT2D eigenvalue weighted by Gasteiger charge is 2.26. The van der Waals surface area contributed by atoms with Crippen LogP contribution in [0.3, 0.4) is 0 Å². The fourth-order valence-electron chi connectivity index (χ4n) is 2.72. The van der Waals surface area contributed by atoms with E-state index in [0.29, 0.717) is 38.1 Å². The van der Waals surface area contributed by atoms with E-state index >= 15 is 0 Å². The molecule has 1 aliphatic rings. The molecule has 0 spiro atoms. The molecule has 7 heteroatoms. The second-order valence-electron chi connectivity index (χ2n) is 6.18. The SMILES string of the molecule is CCC(CCN)N1CCCN(S(=O)(=O)NCC(C)C)CC1. The molecule has 21 heavy (non-hydrogen) atoms. The predicted molar refractivity (Wildman–Crippen MR) is 87.3 cm³/mol. The summed E-state index contributed by atoms with van der Waals surface area (Å²) in [4.78, 5) is 2.39. The minimum absolute atomic E-state index is 0.317. The number of hydrogen-bond acceptors (Lipinski definition) is 4. The molecule has 0 aromatic rings. The number of nitrogens with zero attached hydrogens (tertiary/aromatic N) is 2. The fourth-order valence-corrected chi connectivity index (χ4v) is 4.14. The Morgan fingerprint density at radius 1 is 1.19 bits per heavy atom. The number of hydrogen-bond donors (Lipinski definition) is 2. The summed E-state index contributed by atoms with van der Waals surface area (Å²) in [5, 5.41) is 0. The van der Waals surface area contributed by atoms with Gasteiger partial charge in [-0.2, -0.15) is 12.7 Å². The number of rotatable bonds is 8. The monoisotopic (exact) mass is 320 g/mol. The van der Waals surface area contributed by atoms with Crippen LogP contribution in [0.15, 0.2) is 0 Å².